The fourth-order valence-electron chi connectivity index (χ4n) is 3.12. The highest BCUT2D eigenvalue weighted by molar-refractivity contribution is 6.31. The number of nitrogens with zero attached hydrogens (tertiary/aromatic N) is 1. The number of hydrogen-bond donors (Lipinski definition) is 1. The van der Waals surface area contributed by atoms with E-state index in [1.54, 1.807) is 23.1 Å². The highest BCUT2D eigenvalue weighted by Crippen LogP contribution is 2.22. The van der Waals surface area contributed by atoms with Crippen molar-refractivity contribution in [2.24, 2.45) is 5.92 Å². The predicted molar refractivity (Wildman–Crippen MR) is 110 cm³/mol. The zero-order chi connectivity index (χ0) is 21.0. The fourth-order valence-corrected chi connectivity index (χ4v) is 3.30. The average Bonchev–Trinajstić information content (AvgIpc) is 3.05. The van der Waals surface area contributed by atoms with Gasteiger partial charge >= 0.3 is 5.97 Å². The monoisotopic (exact) mass is 414 g/mol. The number of ether oxygens (including phenoxy) is 1. The number of aryl methyl sites for hydroxylation is 2. The van der Waals surface area contributed by atoms with Crippen molar-refractivity contribution in [3.05, 3.63) is 64.2 Å². The van der Waals surface area contributed by atoms with E-state index in [1.807, 2.05) is 38.1 Å². The molecule has 0 unspecified atom stereocenters. The van der Waals surface area contributed by atoms with E-state index in [4.69, 9.17) is 16.3 Å². The van der Waals surface area contributed by atoms with E-state index in [-0.39, 0.29) is 12.3 Å². The molecule has 0 aromatic heterocycles. The van der Waals surface area contributed by atoms with E-state index in [9.17, 15) is 14.4 Å². The van der Waals surface area contributed by atoms with Gasteiger partial charge in [0.05, 0.1) is 5.92 Å². The second-order valence-corrected chi connectivity index (χ2v) is 7.69. The third-order valence-electron chi connectivity index (χ3n) is 4.84. The van der Waals surface area contributed by atoms with E-state index in [1.165, 1.54) is 0 Å². The number of hydrogen-bond acceptors (Lipinski definition) is 4. The first-order valence-corrected chi connectivity index (χ1v) is 9.75. The molecule has 2 aromatic carbocycles. The molecule has 1 saturated heterocycles. The summed E-state index contributed by atoms with van der Waals surface area (Å²) < 4.78 is 5.11. The summed E-state index contributed by atoms with van der Waals surface area (Å²) in [6, 6.07) is 13.1. The average molecular weight is 415 g/mol. The Morgan fingerprint density at radius 3 is 2.59 bits per heavy atom. The predicted octanol–water partition coefficient (Wildman–Crippen LogP) is 3.49. The summed E-state index contributed by atoms with van der Waals surface area (Å²) in [5.41, 5.74) is 3.59. The number of carbonyl (C=O) groups excluding carboxylic acids is 3. The van der Waals surface area contributed by atoms with Crippen molar-refractivity contribution in [1.29, 1.82) is 0 Å². The molecule has 7 heteroatoms. The third-order valence-corrected chi connectivity index (χ3v) is 5.25. The van der Waals surface area contributed by atoms with Gasteiger partial charge < -0.3 is 15.0 Å². The second kappa shape index (κ2) is 9.09. The Hall–Kier alpha value is -2.86. The summed E-state index contributed by atoms with van der Waals surface area (Å²) in [7, 11) is 0. The SMILES string of the molecule is Cc1ccc(CN2C[C@H](C(=O)OCC(=O)Nc3ccc(C)c(Cl)c3)CC2=O)cc1. The molecule has 1 atom stereocenters. The molecule has 0 bridgehead atoms. The molecule has 1 aliphatic rings. The van der Waals surface area contributed by atoms with Gasteiger partial charge in [-0.2, -0.15) is 0 Å². The van der Waals surface area contributed by atoms with Crippen molar-refractivity contribution in [3.63, 3.8) is 0 Å². The maximum absolute atomic E-state index is 12.3. The lowest BCUT2D eigenvalue weighted by Crippen LogP contribution is -2.28. The lowest BCUT2D eigenvalue weighted by Gasteiger charge is -2.16. The molecule has 6 nitrogen and oxygen atoms in total. The highest BCUT2D eigenvalue weighted by Gasteiger charge is 2.35. The molecular weight excluding hydrogens is 392 g/mol. The number of halogens is 1. The van der Waals surface area contributed by atoms with Crippen LogP contribution in [-0.4, -0.2) is 35.8 Å². The zero-order valence-corrected chi connectivity index (χ0v) is 17.2. The molecule has 1 N–H and O–H groups in total. The summed E-state index contributed by atoms with van der Waals surface area (Å²) in [5, 5.41) is 3.17. The number of nitrogens with one attached hydrogen (secondary N) is 1. The number of anilines is 1. The first kappa shape index (κ1) is 20.9. The molecule has 3 rings (SSSR count). The van der Waals surface area contributed by atoms with Crippen molar-refractivity contribution >= 4 is 35.1 Å². The van der Waals surface area contributed by atoms with E-state index in [0.29, 0.717) is 23.8 Å². The molecule has 0 saturated carbocycles. The first-order valence-electron chi connectivity index (χ1n) is 9.38. The summed E-state index contributed by atoms with van der Waals surface area (Å²) in [5.74, 6) is -1.65. The second-order valence-electron chi connectivity index (χ2n) is 7.28. The van der Waals surface area contributed by atoms with Gasteiger partial charge in [-0.15, -0.1) is 0 Å². The quantitative estimate of drug-likeness (QED) is 0.734. The van der Waals surface area contributed by atoms with Crippen LogP contribution in [0.2, 0.25) is 5.02 Å². The number of benzene rings is 2. The molecule has 1 aliphatic heterocycles. The summed E-state index contributed by atoms with van der Waals surface area (Å²) in [4.78, 5) is 38.2. The Morgan fingerprint density at radius 2 is 1.90 bits per heavy atom. The van der Waals surface area contributed by atoms with Gasteiger partial charge in [-0.25, -0.2) is 0 Å². The normalized spacial score (nSPS) is 16.0. The van der Waals surface area contributed by atoms with Crippen LogP contribution in [0.4, 0.5) is 5.69 Å². The van der Waals surface area contributed by atoms with Gasteiger partial charge in [-0.05, 0) is 37.1 Å². The lowest BCUT2D eigenvalue weighted by molar-refractivity contribution is -0.151. The van der Waals surface area contributed by atoms with Crippen LogP contribution in [-0.2, 0) is 25.7 Å². The van der Waals surface area contributed by atoms with Gasteiger partial charge in [0.25, 0.3) is 5.91 Å². The van der Waals surface area contributed by atoms with Crippen LogP contribution in [0, 0.1) is 19.8 Å². The molecule has 1 fully saturated rings. The number of amides is 2. The lowest BCUT2D eigenvalue weighted by atomic mass is 10.1. The van der Waals surface area contributed by atoms with Gasteiger partial charge in [0.1, 0.15) is 0 Å². The summed E-state index contributed by atoms with van der Waals surface area (Å²) in [6.07, 6.45) is 0.0971. The molecule has 0 radical (unpaired) electrons. The van der Waals surface area contributed by atoms with Gasteiger partial charge in [0, 0.05) is 30.2 Å². The van der Waals surface area contributed by atoms with Crippen molar-refractivity contribution in [2.45, 2.75) is 26.8 Å². The van der Waals surface area contributed by atoms with E-state index in [2.05, 4.69) is 5.32 Å². The molecule has 2 amide bonds. The first-order chi connectivity index (χ1) is 13.8. The van der Waals surface area contributed by atoms with Crippen LogP contribution < -0.4 is 5.32 Å². The Kier molecular flexibility index (Phi) is 6.54. The third kappa shape index (κ3) is 5.57. The molecule has 0 aliphatic carbocycles. The zero-order valence-electron chi connectivity index (χ0n) is 16.4. The fraction of sp³-hybridized carbons (Fsp3) is 0.318. The van der Waals surface area contributed by atoms with Gasteiger partial charge in [0.15, 0.2) is 6.61 Å². The molecule has 29 heavy (non-hydrogen) atoms. The maximum atomic E-state index is 12.3. The Balaban J connectivity index is 1.47. The summed E-state index contributed by atoms with van der Waals surface area (Å²) >= 11 is 6.03. The minimum absolute atomic E-state index is 0.0914. The van der Waals surface area contributed by atoms with Gasteiger partial charge in [-0.3, -0.25) is 14.4 Å². The van der Waals surface area contributed by atoms with E-state index in [0.717, 1.165) is 16.7 Å². The van der Waals surface area contributed by atoms with E-state index >= 15 is 0 Å². The Morgan fingerprint density at radius 1 is 1.17 bits per heavy atom. The number of carbonyl (C=O) groups is 3. The molecule has 2 aromatic rings. The van der Waals surface area contributed by atoms with Crippen LogP contribution in [0.25, 0.3) is 0 Å². The summed E-state index contributed by atoms with van der Waals surface area (Å²) in [6.45, 7) is 4.20. The Bertz CT molecular complexity index is 927. The van der Waals surface area contributed by atoms with E-state index < -0.39 is 24.4 Å². The van der Waals surface area contributed by atoms with Crippen molar-refractivity contribution < 1.29 is 19.1 Å². The standard InChI is InChI=1S/C22H23ClN2O4/c1-14-3-6-16(7-4-14)11-25-12-17(9-21(25)27)22(28)29-13-20(26)24-18-8-5-15(2)19(23)10-18/h3-8,10,17H,9,11-13H2,1-2H3,(H,24,26)/t17-/m1/s1. The van der Waals surface area contributed by atoms with Gasteiger partial charge in [0.2, 0.25) is 5.91 Å². The number of likely N-dealkylation sites (tertiary alicyclic amines) is 1. The molecular formula is C22H23ClN2O4. The van der Waals surface area contributed by atoms with Crippen molar-refractivity contribution in [1.82, 2.24) is 4.90 Å². The maximum Gasteiger partial charge on any atom is 0.311 e. The number of rotatable bonds is 6. The Labute approximate surface area is 174 Å². The van der Waals surface area contributed by atoms with Crippen LogP contribution >= 0.6 is 11.6 Å². The topological polar surface area (TPSA) is 75.7 Å². The number of esters is 1. The van der Waals surface area contributed by atoms with Crippen LogP contribution in [0.5, 0.6) is 0 Å². The highest BCUT2D eigenvalue weighted by atomic mass is 35.5. The van der Waals surface area contributed by atoms with Gasteiger partial charge in [-0.1, -0.05) is 47.5 Å². The molecule has 1 heterocycles. The van der Waals surface area contributed by atoms with Crippen LogP contribution in [0.15, 0.2) is 42.5 Å². The minimum Gasteiger partial charge on any atom is -0.455 e. The minimum atomic E-state index is -0.561. The molecule has 152 valence electrons. The van der Waals surface area contributed by atoms with Crippen LogP contribution in [0.3, 0.4) is 0 Å². The largest absolute Gasteiger partial charge is 0.455 e. The van der Waals surface area contributed by atoms with Crippen LogP contribution in [0.1, 0.15) is 23.1 Å². The van der Waals surface area contributed by atoms with Crippen molar-refractivity contribution in [3.8, 4) is 0 Å². The van der Waals surface area contributed by atoms with Crippen molar-refractivity contribution in [2.75, 3.05) is 18.5 Å². The molecule has 0 spiro atoms. The smallest absolute Gasteiger partial charge is 0.311 e.